The summed E-state index contributed by atoms with van der Waals surface area (Å²) in [5.74, 6) is -3.33. The summed E-state index contributed by atoms with van der Waals surface area (Å²) in [5, 5.41) is 19.5. The Kier molecular flexibility index (Phi) is 4.81. The van der Waals surface area contributed by atoms with Crippen molar-refractivity contribution >= 4 is 17.8 Å². The number of pyridine rings is 1. The van der Waals surface area contributed by atoms with E-state index >= 15 is 0 Å². The summed E-state index contributed by atoms with van der Waals surface area (Å²) >= 11 is 0. The zero-order valence-electron chi connectivity index (χ0n) is 9.99. The van der Waals surface area contributed by atoms with Crippen LogP contribution in [0.5, 0.6) is 5.75 Å². The number of carbonyl (C=O) groups excluding carboxylic acids is 1. The Morgan fingerprint density at radius 2 is 2.11 bits per heavy atom. The van der Waals surface area contributed by atoms with Crippen LogP contribution in [0.25, 0.3) is 0 Å². The van der Waals surface area contributed by atoms with Crippen LogP contribution in [0, 0.1) is 0 Å². The Morgan fingerprint density at radius 3 is 2.63 bits per heavy atom. The highest BCUT2D eigenvalue weighted by molar-refractivity contribution is 5.99. The number of ether oxygens (including phenoxy) is 1. The first kappa shape index (κ1) is 14.4. The van der Waals surface area contributed by atoms with Crippen molar-refractivity contribution in [3.63, 3.8) is 0 Å². The predicted octanol–water partition coefficient (Wildman–Crippen LogP) is -0.252. The van der Waals surface area contributed by atoms with Crippen LogP contribution in [0.2, 0.25) is 0 Å². The van der Waals surface area contributed by atoms with E-state index in [2.05, 4.69) is 10.3 Å². The molecule has 0 aliphatic carbocycles. The molecule has 1 heterocycles. The van der Waals surface area contributed by atoms with Crippen molar-refractivity contribution in [2.24, 2.45) is 0 Å². The minimum absolute atomic E-state index is 0.0779. The van der Waals surface area contributed by atoms with E-state index in [-0.39, 0.29) is 11.3 Å². The largest absolute Gasteiger partial charge is 0.494 e. The molecule has 0 unspecified atom stereocenters. The highest BCUT2D eigenvalue weighted by Crippen LogP contribution is 2.15. The number of carboxylic acid groups (broad SMARTS) is 2. The molecule has 19 heavy (non-hydrogen) atoms. The first-order valence-corrected chi connectivity index (χ1v) is 5.19. The molecule has 0 aliphatic rings. The van der Waals surface area contributed by atoms with Gasteiger partial charge in [0.05, 0.1) is 25.3 Å². The maximum atomic E-state index is 11.8. The predicted molar refractivity (Wildman–Crippen MR) is 61.9 cm³/mol. The van der Waals surface area contributed by atoms with Crippen molar-refractivity contribution in [3.05, 3.63) is 24.0 Å². The van der Waals surface area contributed by atoms with Gasteiger partial charge >= 0.3 is 11.9 Å². The number of carbonyl (C=O) groups is 3. The highest BCUT2D eigenvalue weighted by atomic mass is 16.5. The minimum Gasteiger partial charge on any atom is -0.494 e. The number of aromatic nitrogens is 1. The van der Waals surface area contributed by atoms with E-state index in [1.165, 1.54) is 25.6 Å². The minimum atomic E-state index is -1.51. The molecule has 0 aliphatic heterocycles. The summed E-state index contributed by atoms with van der Waals surface area (Å²) in [7, 11) is 1.33. The Hall–Kier alpha value is -2.64. The third-order valence-electron chi connectivity index (χ3n) is 2.23. The van der Waals surface area contributed by atoms with Crippen molar-refractivity contribution < 1.29 is 29.3 Å². The summed E-state index contributed by atoms with van der Waals surface area (Å²) in [4.78, 5) is 36.9. The van der Waals surface area contributed by atoms with Crippen molar-refractivity contribution in [2.45, 2.75) is 12.5 Å². The van der Waals surface area contributed by atoms with Gasteiger partial charge in [0.15, 0.2) is 0 Å². The third-order valence-corrected chi connectivity index (χ3v) is 2.23. The molecule has 1 rings (SSSR count). The van der Waals surface area contributed by atoms with Gasteiger partial charge in [-0.25, -0.2) is 4.79 Å². The number of nitrogens with zero attached hydrogens (tertiary/aromatic N) is 1. The van der Waals surface area contributed by atoms with Crippen LogP contribution >= 0.6 is 0 Å². The number of aliphatic carboxylic acids is 2. The number of amides is 1. The molecular weight excluding hydrogens is 256 g/mol. The molecular formula is C11H12N2O6. The molecule has 3 N–H and O–H groups in total. The van der Waals surface area contributed by atoms with E-state index in [1.807, 2.05) is 0 Å². The van der Waals surface area contributed by atoms with Gasteiger partial charge in [-0.1, -0.05) is 0 Å². The van der Waals surface area contributed by atoms with Gasteiger partial charge in [0, 0.05) is 6.20 Å². The average Bonchev–Trinajstić information content (AvgIpc) is 2.37. The summed E-state index contributed by atoms with van der Waals surface area (Å²) in [6.45, 7) is 0. The molecule has 8 nitrogen and oxygen atoms in total. The fourth-order valence-corrected chi connectivity index (χ4v) is 1.34. The van der Waals surface area contributed by atoms with E-state index in [9.17, 15) is 14.4 Å². The zero-order valence-corrected chi connectivity index (χ0v) is 9.99. The van der Waals surface area contributed by atoms with Crippen molar-refractivity contribution in [3.8, 4) is 5.75 Å². The van der Waals surface area contributed by atoms with Gasteiger partial charge in [0.25, 0.3) is 5.91 Å². The molecule has 0 saturated heterocycles. The molecule has 8 heteroatoms. The van der Waals surface area contributed by atoms with Gasteiger partial charge in [0.2, 0.25) is 0 Å². The van der Waals surface area contributed by atoms with Crippen molar-refractivity contribution in [2.75, 3.05) is 7.11 Å². The summed E-state index contributed by atoms with van der Waals surface area (Å²) in [6, 6.07) is -0.170. The topological polar surface area (TPSA) is 126 Å². The Morgan fingerprint density at radius 1 is 1.42 bits per heavy atom. The SMILES string of the molecule is COc1cnccc1C(=O)N[C@H](CC(=O)O)C(=O)O. The van der Waals surface area contributed by atoms with Gasteiger partial charge in [-0.15, -0.1) is 0 Å². The molecule has 0 saturated carbocycles. The second kappa shape index (κ2) is 6.34. The van der Waals surface area contributed by atoms with Gasteiger partial charge in [-0.3, -0.25) is 14.6 Å². The number of rotatable bonds is 6. The smallest absolute Gasteiger partial charge is 0.326 e. The summed E-state index contributed by atoms with van der Waals surface area (Å²) in [6.07, 6.45) is 1.92. The highest BCUT2D eigenvalue weighted by Gasteiger charge is 2.24. The lowest BCUT2D eigenvalue weighted by molar-refractivity contribution is -0.145. The van der Waals surface area contributed by atoms with Gasteiger partial charge in [0.1, 0.15) is 11.8 Å². The van der Waals surface area contributed by atoms with E-state index in [1.54, 1.807) is 0 Å². The maximum Gasteiger partial charge on any atom is 0.326 e. The first-order chi connectivity index (χ1) is 8.95. The van der Waals surface area contributed by atoms with Gasteiger partial charge < -0.3 is 20.3 Å². The van der Waals surface area contributed by atoms with E-state index in [0.29, 0.717) is 0 Å². The maximum absolute atomic E-state index is 11.8. The molecule has 0 bridgehead atoms. The molecule has 0 aromatic carbocycles. The Labute approximate surface area is 108 Å². The second-order valence-electron chi connectivity index (χ2n) is 3.54. The number of hydrogen-bond acceptors (Lipinski definition) is 5. The molecule has 1 atom stereocenters. The van der Waals surface area contributed by atoms with Gasteiger partial charge in [-0.05, 0) is 6.07 Å². The summed E-state index contributed by atoms with van der Waals surface area (Å²) < 4.78 is 4.90. The van der Waals surface area contributed by atoms with Crippen molar-refractivity contribution in [1.82, 2.24) is 10.3 Å². The Bertz CT molecular complexity index is 502. The van der Waals surface area contributed by atoms with E-state index < -0.39 is 30.3 Å². The quantitative estimate of drug-likeness (QED) is 0.649. The third kappa shape index (κ3) is 3.95. The standard InChI is InChI=1S/C11H12N2O6/c1-19-8-5-12-3-2-6(8)10(16)13-7(11(17)18)4-9(14)15/h2-3,5,7H,4H2,1H3,(H,13,16)(H,14,15)(H,17,18)/t7-/m1/s1. The lowest BCUT2D eigenvalue weighted by Crippen LogP contribution is -2.42. The van der Waals surface area contributed by atoms with Crippen LogP contribution in [-0.4, -0.2) is 46.2 Å². The number of carboxylic acids is 2. The Balaban J connectivity index is 2.87. The number of nitrogens with one attached hydrogen (secondary N) is 1. The van der Waals surface area contributed by atoms with Crippen molar-refractivity contribution in [1.29, 1.82) is 0 Å². The molecule has 1 amide bonds. The first-order valence-electron chi connectivity index (χ1n) is 5.19. The zero-order chi connectivity index (χ0) is 14.4. The number of hydrogen-bond donors (Lipinski definition) is 3. The van der Waals surface area contributed by atoms with E-state index in [4.69, 9.17) is 14.9 Å². The number of methoxy groups -OCH3 is 1. The van der Waals surface area contributed by atoms with Crippen LogP contribution in [0.1, 0.15) is 16.8 Å². The van der Waals surface area contributed by atoms with Crippen LogP contribution in [-0.2, 0) is 9.59 Å². The molecule has 0 spiro atoms. The molecule has 1 aromatic heterocycles. The summed E-state index contributed by atoms with van der Waals surface area (Å²) in [5.41, 5.74) is 0.0779. The molecule has 102 valence electrons. The van der Waals surface area contributed by atoms with Crippen LogP contribution in [0.4, 0.5) is 0 Å². The monoisotopic (exact) mass is 268 g/mol. The van der Waals surface area contributed by atoms with Crippen LogP contribution in [0.3, 0.4) is 0 Å². The lowest BCUT2D eigenvalue weighted by Gasteiger charge is -2.13. The van der Waals surface area contributed by atoms with Gasteiger partial charge in [-0.2, -0.15) is 0 Å². The second-order valence-corrected chi connectivity index (χ2v) is 3.54. The van der Waals surface area contributed by atoms with E-state index in [0.717, 1.165) is 0 Å². The molecule has 0 radical (unpaired) electrons. The molecule has 1 aromatic rings. The van der Waals surface area contributed by atoms with Crippen LogP contribution in [0.15, 0.2) is 18.5 Å². The lowest BCUT2D eigenvalue weighted by atomic mass is 10.1. The fraction of sp³-hybridized carbons (Fsp3) is 0.273. The fourth-order valence-electron chi connectivity index (χ4n) is 1.34. The average molecular weight is 268 g/mol. The normalized spacial score (nSPS) is 11.4. The molecule has 0 fully saturated rings. The van der Waals surface area contributed by atoms with Crippen LogP contribution < -0.4 is 10.1 Å².